The van der Waals surface area contributed by atoms with Crippen molar-refractivity contribution < 1.29 is 18.0 Å². The normalized spacial score (nSPS) is 13.3. The van der Waals surface area contributed by atoms with Gasteiger partial charge in [-0.3, -0.25) is 4.79 Å². The van der Waals surface area contributed by atoms with Crippen molar-refractivity contribution in [2.75, 3.05) is 5.33 Å². The fourth-order valence-electron chi connectivity index (χ4n) is 1.83. The van der Waals surface area contributed by atoms with Crippen molar-refractivity contribution in [3.63, 3.8) is 0 Å². The van der Waals surface area contributed by atoms with Crippen LogP contribution in [0.3, 0.4) is 0 Å². The summed E-state index contributed by atoms with van der Waals surface area (Å²) in [7, 11) is 0. The maximum absolute atomic E-state index is 12.8. The second kappa shape index (κ2) is 7.63. The topological polar surface area (TPSA) is 29.1 Å². The Balaban J connectivity index is 2.98. The smallest absolute Gasteiger partial charge is 0.349 e. The van der Waals surface area contributed by atoms with Crippen molar-refractivity contribution >= 4 is 37.8 Å². The molecule has 0 aliphatic heterocycles. The Labute approximate surface area is 138 Å². The molecule has 0 aliphatic rings. The molecule has 1 aromatic rings. The van der Waals surface area contributed by atoms with E-state index in [2.05, 4.69) is 37.2 Å². The van der Waals surface area contributed by atoms with Gasteiger partial charge in [-0.25, -0.2) is 0 Å². The summed E-state index contributed by atoms with van der Waals surface area (Å²) in [4.78, 5) is 12.1. The number of amides is 1. The summed E-state index contributed by atoms with van der Waals surface area (Å²) in [5.74, 6) is -0.295. The molecule has 1 atom stereocenters. The second-order valence-electron chi connectivity index (χ2n) is 4.99. The number of carbonyl (C=O) groups is 1. The average molecular weight is 431 g/mol. The number of rotatable bonds is 5. The molecule has 0 saturated heterocycles. The van der Waals surface area contributed by atoms with Gasteiger partial charge in [0.1, 0.15) is 0 Å². The number of benzene rings is 1. The Morgan fingerprint density at radius 3 is 2.43 bits per heavy atom. The van der Waals surface area contributed by atoms with Gasteiger partial charge in [0.2, 0.25) is 0 Å². The maximum atomic E-state index is 12.8. The summed E-state index contributed by atoms with van der Waals surface area (Å²) in [6.45, 7) is 3.91. The highest BCUT2D eigenvalue weighted by molar-refractivity contribution is 9.10. The van der Waals surface area contributed by atoms with Gasteiger partial charge in [0, 0.05) is 21.4 Å². The van der Waals surface area contributed by atoms with E-state index in [0.717, 1.165) is 6.07 Å². The molecule has 0 saturated carbocycles. The summed E-state index contributed by atoms with van der Waals surface area (Å²) in [5, 5.41) is 3.49. The van der Waals surface area contributed by atoms with Crippen molar-refractivity contribution in [1.82, 2.24) is 5.32 Å². The molecule has 7 heteroatoms. The van der Waals surface area contributed by atoms with Crippen LogP contribution in [0.4, 0.5) is 13.2 Å². The molecule has 2 nitrogen and oxygen atoms in total. The van der Waals surface area contributed by atoms with E-state index in [4.69, 9.17) is 0 Å². The molecule has 0 bridgehead atoms. The highest BCUT2D eigenvalue weighted by Crippen LogP contribution is 2.35. The van der Waals surface area contributed by atoms with Crippen LogP contribution in [0.15, 0.2) is 22.7 Å². The first-order chi connectivity index (χ1) is 9.66. The zero-order chi connectivity index (χ0) is 16.2. The minimum Gasteiger partial charge on any atom is -0.349 e. The van der Waals surface area contributed by atoms with Crippen molar-refractivity contribution in [3.8, 4) is 0 Å². The van der Waals surface area contributed by atoms with Gasteiger partial charge in [-0.2, -0.15) is 13.2 Å². The molecule has 0 heterocycles. The van der Waals surface area contributed by atoms with Gasteiger partial charge < -0.3 is 5.32 Å². The van der Waals surface area contributed by atoms with E-state index in [-0.39, 0.29) is 22.0 Å². The summed E-state index contributed by atoms with van der Waals surface area (Å²) < 4.78 is 38.4. The van der Waals surface area contributed by atoms with Crippen LogP contribution in [0, 0.1) is 5.92 Å². The van der Waals surface area contributed by atoms with E-state index in [1.807, 2.05) is 13.8 Å². The molecule has 118 valence electrons. The molecular formula is C14H16Br2F3NO. The molecule has 0 spiro atoms. The van der Waals surface area contributed by atoms with E-state index >= 15 is 0 Å². The van der Waals surface area contributed by atoms with Crippen LogP contribution < -0.4 is 5.32 Å². The van der Waals surface area contributed by atoms with Crippen LogP contribution in [-0.4, -0.2) is 17.3 Å². The lowest BCUT2D eigenvalue weighted by Crippen LogP contribution is -2.38. The molecule has 0 fully saturated rings. The fourth-order valence-corrected chi connectivity index (χ4v) is 2.79. The monoisotopic (exact) mass is 429 g/mol. The first kappa shape index (κ1) is 18.5. The lowest BCUT2D eigenvalue weighted by Gasteiger charge is -2.22. The largest absolute Gasteiger partial charge is 0.417 e. The van der Waals surface area contributed by atoms with Gasteiger partial charge in [0.05, 0.1) is 5.56 Å². The lowest BCUT2D eigenvalue weighted by molar-refractivity contribution is -0.138. The van der Waals surface area contributed by atoms with Crippen molar-refractivity contribution in [3.05, 3.63) is 33.8 Å². The zero-order valence-corrected chi connectivity index (χ0v) is 14.8. The standard InChI is InChI=1S/C14H16Br2F3NO/c1-8(2)12(5-6-15)20-13(21)9-3-4-11(16)10(7-9)14(17,18)19/h3-4,7-8,12H,5-6H2,1-2H3,(H,20,21). The summed E-state index contributed by atoms with van der Waals surface area (Å²) in [6.07, 6.45) is -3.78. The highest BCUT2D eigenvalue weighted by atomic mass is 79.9. The Morgan fingerprint density at radius 1 is 1.33 bits per heavy atom. The van der Waals surface area contributed by atoms with Gasteiger partial charge in [-0.1, -0.05) is 45.7 Å². The molecule has 0 aliphatic carbocycles. The molecule has 1 unspecified atom stereocenters. The number of carbonyl (C=O) groups excluding carboxylic acids is 1. The fraction of sp³-hybridized carbons (Fsp3) is 0.500. The number of hydrogen-bond acceptors (Lipinski definition) is 1. The van der Waals surface area contributed by atoms with Crippen LogP contribution in [-0.2, 0) is 6.18 Å². The van der Waals surface area contributed by atoms with Crippen molar-refractivity contribution in [2.24, 2.45) is 5.92 Å². The number of alkyl halides is 4. The van der Waals surface area contributed by atoms with Crippen LogP contribution in [0.5, 0.6) is 0 Å². The lowest BCUT2D eigenvalue weighted by atomic mass is 10.0. The van der Waals surface area contributed by atoms with Crippen molar-refractivity contribution in [2.45, 2.75) is 32.5 Å². The maximum Gasteiger partial charge on any atom is 0.417 e. The third kappa shape index (κ3) is 5.29. The van der Waals surface area contributed by atoms with Gasteiger partial charge >= 0.3 is 6.18 Å². The van der Waals surface area contributed by atoms with E-state index in [1.54, 1.807) is 0 Å². The molecule has 1 amide bonds. The number of nitrogens with one attached hydrogen (secondary N) is 1. The van der Waals surface area contributed by atoms with Crippen LogP contribution >= 0.6 is 31.9 Å². The molecule has 1 N–H and O–H groups in total. The summed E-state index contributed by atoms with van der Waals surface area (Å²) in [5.41, 5.74) is -0.845. The van der Waals surface area contributed by atoms with Gasteiger partial charge in [-0.05, 0) is 30.5 Å². The highest BCUT2D eigenvalue weighted by Gasteiger charge is 2.33. The van der Waals surface area contributed by atoms with Crippen LogP contribution in [0.1, 0.15) is 36.2 Å². The Hall–Kier alpha value is -0.560. The third-order valence-corrected chi connectivity index (χ3v) is 4.22. The van der Waals surface area contributed by atoms with E-state index in [1.165, 1.54) is 12.1 Å². The number of halogens is 5. The molecule has 0 radical (unpaired) electrons. The zero-order valence-electron chi connectivity index (χ0n) is 11.6. The predicted molar refractivity (Wildman–Crippen MR) is 83.6 cm³/mol. The van der Waals surface area contributed by atoms with E-state index < -0.39 is 17.6 Å². The number of hydrogen-bond donors (Lipinski definition) is 1. The van der Waals surface area contributed by atoms with Gasteiger partial charge in [-0.15, -0.1) is 0 Å². The first-order valence-electron chi connectivity index (χ1n) is 6.40. The Bertz CT molecular complexity index is 503. The summed E-state index contributed by atoms with van der Waals surface area (Å²) >= 11 is 6.16. The molecule has 1 rings (SSSR count). The minimum atomic E-state index is -4.50. The molecule has 0 aromatic heterocycles. The average Bonchev–Trinajstić information content (AvgIpc) is 2.37. The minimum absolute atomic E-state index is 0.00532. The van der Waals surface area contributed by atoms with E-state index in [0.29, 0.717) is 11.8 Å². The van der Waals surface area contributed by atoms with Crippen molar-refractivity contribution in [1.29, 1.82) is 0 Å². The molecule has 21 heavy (non-hydrogen) atoms. The Morgan fingerprint density at radius 2 is 1.95 bits per heavy atom. The molecule has 1 aromatic carbocycles. The Kier molecular flexibility index (Phi) is 6.71. The van der Waals surface area contributed by atoms with Crippen LogP contribution in [0.25, 0.3) is 0 Å². The van der Waals surface area contributed by atoms with Crippen LogP contribution in [0.2, 0.25) is 0 Å². The first-order valence-corrected chi connectivity index (χ1v) is 8.31. The molecular weight excluding hydrogens is 415 g/mol. The second-order valence-corrected chi connectivity index (χ2v) is 6.64. The van der Waals surface area contributed by atoms with Gasteiger partial charge in [0.15, 0.2) is 0 Å². The summed E-state index contributed by atoms with van der Waals surface area (Å²) in [6, 6.07) is 3.40. The predicted octanol–water partition coefficient (Wildman–Crippen LogP) is 5.01. The van der Waals surface area contributed by atoms with Gasteiger partial charge in [0.25, 0.3) is 5.91 Å². The van der Waals surface area contributed by atoms with E-state index in [9.17, 15) is 18.0 Å². The third-order valence-electron chi connectivity index (χ3n) is 3.08. The SMILES string of the molecule is CC(C)C(CCBr)NC(=O)c1ccc(Br)c(C(F)(F)F)c1. The quantitative estimate of drug-likeness (QED) is 0.653.